The molecule has 2 rings (SSSR count). The predicted molar refractivity (Wildman–Crippen MR) is 92.6 cm³/mol. The molecule has 0 aliphatic carbocycles. The molecule has 0 aromatic heterocycles. The summed E-state index contributed by atoms with van der Waals surface area (Å²) in [5.41, 5.74) is -0.764. The second kappa shape index (κ2) is 8.03. The highest BCUT2D eigenvalue weighted by Gasteiger charge is 2.53. The summed E-state index contributed by atoms with van der Waals surface area (Å²) in [4.78, 5) is 35.4. The Morgan fingerprint density at radius 1 is 1.32 bits per heavy atom. The van der Waals surface area contributed by atoms with Gasteiger partial charge in [0.1, 0.15) is 5.54 Å². The van der Waals surface area contributed by atoms with Crippen molar-refractivity contribution < 1.29 is 19.6 Å². The van der Waals surface area contributed by atoms with Crippen molar-refractivity contribution >= 4 is 41.6 Å². The van der Waals surface area contributed by atoms with Gasteiger partial charge >= 0.3 is 6.03 Å². The molecule has 3 N–H and O–H groups in total. The molecular weight excluding hydrogens is 369 g/mol. The Hall–Kier alpha value is -1.83. The molecule has 0 saturated carbocycles. The number of hydroxylamine groups is 2. The van der Waals surface area contributed by atoms with Crippen molar-refractivity contribution in [3.63, 3.8) is 0 Å². The molecule has 7 nitrogen and oxygen atoms in total. The van der Waals surface area contributed by atoms with Crippen LogP contribution in [0.2, 0.25) is 10.0 Å². The average molecular weight is 388 g/mol. The maximum Gasteiger partial charge on any atom is 0.322 e. The maximum atomic E-state index is 12.5. The van der Waals surface area contributed by atoms with Crippen LogP contribution in [0.1, 0.15) is 31.7 Å². The van der Waals surface area contributed by atoms with Crippen LogP contribution in [0, 0.1) is 0 Å². The van der Waals surface area contributed by atoms with Crippen molar-refractivity contribution in [2.45, 2.75) is 44.2 Å². The molecule has 0 spiro atoms. The van der Waals surface area contributed by atoms with Gasteiger partial charge in [-0.15, -0.1) is 0 Å². The zero-order chi connectivity index (χ0) is 18.6. The Bertz CT molecular complexity index is 685. The standard InChI is InChI=1S/C16H19Cl2N3O4/c1-2-3-6-16(14(23)19-15(24)20-16)13(21(25)9-22)8-10-4-5-11(17)12(18)7-10/h4-5,7,9,13,25H,2-3,6,8H2,1H3,(H2,19,20,23,24)/t13?,16-/m0/s1. The van der Waals surface area contributed by atoms with Gasteiger partial charge in [0.25, 0.3) is 5.91 Å². The van der Waals surface area contributed by atoms with E-state index in [2.05, 4.69) is 10.6 Å². The van der Waals surface area contributed by atoms with E-state index in [4.69, 9.17) is 23.2 Å². The van der Waals surface area contributed by atoms with Crippen LogP contribution in [-0.4, -0.2) is 40.2 Å². The Morgan fingerprint density at radius 3 is 2.56 bits per heavy atom. The maximum absolute atomic E-state index is 12.5. The van der Waals surface area contributed by atoms with E-state index in [1.54, 1.807) is 18.2 Å². The fourth-order valence-corrected chi connectivity index (χ4v) is 3.32. The van der Waals surface area contributed by atoms with Crippen molar-refractivity contribution in [3.05, 3.63) is 33.8 Å². The van der Waals surface area contributed by atoms with Crippen LogP contribution in [0.5, 0.6) is 0 Å². The summed E-state index contributed by atoms with van der Waals surface area (Å²) in [7, 11) is 0. The minimum atomic E-state index is -1.42. The number of rotatable bonds is 8. The van der Waals surface area contributed by atoms with E-state index in [0.717, 1.165) is 6.42 Å². The topological polar surface area (TPSA) is 98.7 Å². The number of hydrogen-bond acceptors (Lipinski definition) is 4. The summed E-state index contributed by atoms with van der Waals surface area (Å²) in [6.45, 7) is 1.94. The molecule has 25 heavy (non-hydrogen) atoms. The first-order valence-corrected chi connectivity index (χ1v) is 8.59. The van der Waals surface area contributed by atoms with Gasteiger partial charge in [0.2, 0.25) is 6.41 Å². The van der Waals surface area contributed by atoms with Crippen LogP contribution in [0.4, 0.5) is 4.79 Å². The Labute approximate surface area is 155 Å². The summed E-state index contributed by atoms with van der Waals surface area (Å²) in [6, 6.07) is 3.21. The first kappa shape index (κ1) is 19.5. The number of urea groups is 1. The van der Waals surface area contributed by atoms with Gasteiger partial charge in [0.15, 0.2) is 0 Å². The lowest BCUT2D eigenvalue weighted by Crippen LogP contribution is -2.62. The number of nitrogens with zero attached hydrogens (tertiary/aromatic N) is 1. The summed E-state index contributed by atoms with van der Waals surface area (Å²) in [6.07, 6.45) is 1.99. The number of benzene rings is 1. The predicted octanol–water partition coefficient (Wildman–Crippen LogP) is 2.52. The van der Waals surface area contributed by atoms with Crippen LogP contribution >= 0.6 is 23.2 Å². The van der Waals surface area contributed by atoms with Gasteiger partial charge < -0.3 is 5.32 Å². The molecule has 1 fully saturated rings. The lowest BCUT2D eigenvalue weighted by atomic mass is 9.81. The molecule has 1 heterocycles. The molecule has 0 radical (unpaired) electrons. The van der Waals surface area contributed by atoms with Crippen molar-refractivity contribution in [3.8, 4) is 0 Å². The molecule has 1 aromatic rings. The smallest absolute Gasteiger partial charge is 0.321 e. The highest BCUT2D eigenvalue weighted by atomic mass is 35.5. The largest absolute Gasteiger partial charge is 0.322 e. The lowest BCUT2D eigenvalue weighted by molar-refractivity contribution is -0.170. The monoisotopic (exact) mass is 387 g/mol. The SMILES string of the molecule is CCCC[C@@]1(C(Cc2ccc(Cl)c(Cl)c2)N(O)C=O)NC(=O)NC1=O. The third-order valence-corrected chi connectivity index (χ3v) is 5.04. The second-order valence-corrected chi connectivity index (χ2v) is 6.75. The first-order valence-electron chi connectivity index (χ1n) is 7.84. The van der Waals surface area contributed by atoms with Crippen molar-refractivity contribution in [2.75, 3.05) is 0 Å². The zero-order valence-corrected chi connectivity index (χ0v) is 15.1. The highest BCUT2D eigenvalue weighted by Crippen LogP contribution is 2.30. The van der Waals surface area contributed by atoms with Crippen LogP contribution in [0.25, 0.3) is 0 Å². The Morgan fingerprint density at radius 2 is 2.04 bits per heavy atom. The number of amides is 4. The van der Waals surface area contributed by atoms with E-state index in [1.807, 2.05) is 6.92 Å². The normalized spacial score (nSPS) is 20.8. The summed E-state index contributed by atoms with van der Waals surface area (Å²) in [5, 5.41) is 16.0. The Balaban J connectivity index is 2.41. The van der Waals surface area contributed by atoms with Gasteiger partial charge in [-0.25, -0.2) is 9.86 Å². The molecule has 0 bridgehead atoms. The number of imide groups is 1. The number of nitrogens with one attached hydrogen (secondary N) is 2. The molecule has 1 aliphatic rings. The molecular formula is C16H19Cl2N3O4. The average Bonchev–Trinajstić information content (AvgIpc) is 2.87. The fraction of sp³-hybridized carbons (Fsp3) is 0.438. The third kappa shape index (κ3) is 4.05. The van der Waals surface area contributed by atoms with Gasteiger partial charge in [-0.2, -0.15) is 0 Å². The zero-order valence-electron chi connectivity index (χ0n) is 13.6. The summed E-state index contributed by atoms with van der Waals surface area (Å²) in [5.74, 6) is -0.572. The molecule has 4 amide bonds. The van der Waals surface area contributed by atoms with Crippen LogP contribution in [0.15, 0.2) is 18.2 Å². The highest BCUT2D eigenvalue weighted by molar-refractivity contribution is 6.42. The molecule has 9 heteroatoms. The Kier molecular flexibility index (Phi) is 6.26. The van der Waals surface area contributed by atoms with Gasteiger partial charge in [0, 0.05) is 0 Å². The van der Waals surface area contributed by atoms with Gasteiger partial charge in [-0.1, -0.05) is 49.0 Å². The molecule has 1 unspecified atom stereocenters. The van der Waals surface area contributed by atoms with E-state index >= 15 is 0 Å². The number of carbonyl (C=O) groups excluding carboxylic acids is 3. The minimum Gasteiger partial charge on any atom is -0.321 e. The minimum absolute atomic E-state index is 0.101. The molecule has 1 aromatic carbocycles. The van der Waals surface area contributed by atoms with Gasteiger partial charge in [-0.3, -0.25) is 20.1 Å². The van der Waals surface area contributed by atoms with Crippen molar-refractivity contribution in [1.82, 2.24) is 15.7 Å². The summed E-state index contributed by atoms with van der Waals surface area (Å²) < 4.78 is 0. The fourth-order valence-electron chi connectivity index (χ4n) is 3.00. The van der Waals surface area contributed by atoms with Crippen LogP contribution < -0.4 is 10.6 Å². The lowest BCUT2D eigenvalue weighted by Gasteiger charge is -2.37. The number of unbranched alkanes of at least 4 members (excludes halogenated alkanes) is 1. The van der Waals surface area contributed by atoms with E-state index in [9.17, 15) is 19.6 Å². The number of halogens is 2. The van der Waals surface area contributed by atoms with Crippen LogP contribution in [0.3, 0.4) is 0 Å². The molecule has 1 aliphatic heterocycles. The van der Waals surface area contributed by atoms with E-state index in [0.29, 0.717) is 27.1 Å². The van der Waals surface area contributed by atoms with E-state index in [-0.39, 0.29) is 19.3 Å². The van der Waals surface area contributed by atoms with Crippen LogP contribution in [-0.2, 0) is 16.0 Å². The summed E-state index contributed by atoms with van der Waals surface area (Å²) >= 11 is 11.9. The first-order chi connectivity index (χ1) is 11.8. The third-order valence-electron chi connectivity index (χ3n) is 4.30. The number of carbonyl (C=O) groups is 3. The molecule has 1 saturated heterocycles. The van der Waals surface area contributed by atoms with Crippen molar-refractivity contribution in [1.29, 1.82) is 0 Å². The van der Waals surface area contributed by atoms with E-state index < -0.39 is 23.5 Å². The molecule has 2 atom stereocenters. The van der Waals surface area contributed by atoms with Crippen molar-refractivity contribution in [2.24, 2.45) is 0 Å². The molecule has 136 valence electrons. The van der Waals surface area contributed by atoms with E-state index in [1.165, 1.54) is 0 Å². The van der Waals surface area contributed by atoms with Gasteiger partial charge in [-0.05, 0) is 30.5 Å². The quantitative estimate of drug-likeness (QED) is 0.276. The number of hydrogen-bond donors (Lipinski definition) is 3. The van der Waals surface area contributed by atoms with Gasteiger partial charge in [0.05, 0.1) is 16.1 Å². The second-order valence-electron chi connectivity index (χ2n) is 5.94.